The predicted molar refractivity (Wildman–Crippen MR) is 42.3 cm³/mol. The normalized spacial score (nSPS) is 21.8. The molecule has 0 aromatic rings. The van der Waals surface area contributed by atoms with E-state index in [4.69, 9.17) is 0 Å². The lowest BCUT2D eigenvalue weighted by molar-refractivity contribution is -0.408. The van der Waals surface area contributed by atoms with Crippen molar-refractivity contribution in [2.75, 3.05) is 0 Å². The van der Waals surface area contributed by atoms with Crippen molar-refractivity contribution in [1.29, 1.82) is 0 Å². The Kier molecular flexibility index (Phi) is 4.41. The Labute approximate surface area is 101 Å². The second kappa shape index (κ2) is 4.29. The molecule has 0 radical (unpaired) electrons. The van der Waals surface area contributed by atoms with Gasteiger partial charge in [-0.1, -0.05) is 28.1 Å². The summed E-state index contributed by atoms with van der Waals surface area (Å²) in [4.78, 5) is -2.81. The van der Waals surface area contributed by atoms with Crippen molar-refractivity contribution in [3.8, 4) is 0 Å². The maximum atomic E-state index is 13.0. The summed E-state index contributed by atoms with van der Waals surface area (Å²) in [5.74, 6) is 0. The Hall–Kier alpha value is 0.460. The molecule has 0 spiro atoms. The summed E-state index contributed by atoms with van der Waals surface area (Å²) < 4.78 is 92.5. The largest absolute Gasteiger partial charge is 0.470 e. The van der Waals surface area contributed by atoms with Crippen LogP contribution in [0.1, 0.15) is 0 Å². The van der Waals surface area contributed by atoms with Gasteiger partial charge in [0.25, 0.3) is 4.04 Å². The summed E-state index contributed by atoms with van der Waals surface area (Å²) in [6.07, 6.45) is -12.6. The van der Waals surface area contributed by atoms with Crippen LogP contribution < -0.4 is 0 Å². The minimum atomic E-state index is -6.31. The summed E-state index contributed by atoms with van der Waals surface area (Å²) in [5, 5.41) is -5.11. The van der Waals surface area contributed by atoms with E-state index in [9.17, 15) is 35.1 Å². The van der Waals surface area contributed by atoms with E-state index in [1.807, 2.05) is 0 Å². The van der Waals surface area contributed by atoms with Gasteiger partial charge in [-0.25, -0.2) is 8.78 Å². The average Bonchev–Trinajstić information content (AvgIpc) is 1.72. The number of halogens is 11. The van der Waals surface area contributed by atoms with E-state index < -0.39 is 26.8 Å². The molecule has 2 atom stereocenters. The number of alkyl halides is 11. The van der Waals surface area contributed by atoms with Crippen LogP contribution in [0.15, 0.2) is 0 Å². The number of nitrogens with zero attached hydrogens (tertiary/aromatic N) is 1. The van der Waals surface area contributed by atoms with Crippen molar-refractivity contribution in [2.24, 2.45) is 0 Å². The van der Waals surface area contributed by atoms with Crippen LogP contribution in [0.25, 0.3) is 0 Å². The Bertz CT molecular complexity index is 240. The minimum absolute atomic E-state index is 1.44. The summed E-state index contributed by atoms with van der Waals surface area (Å²) in [6, 6.07) is 0. The molecule has 0 rings (SSSR count). The summed E-state index contributed by atoms with van der Waals surface area (Å²) in [5.41, 5.74) is 0. The molecule has 0 N–H and O–H groups in total. The van der Waals surface area contributed by atoms with Gasteiger partial charge < -0.3 is 0 Å². The van der Waals surface area contributed by atoms with E-state index in [1.165, 1.54) is 15.9 Å². The molecule has 0 aromatic carbocycles. The van der Waals surface area contributed by atoms with Crippen LogP contribution in [0.4, 0.5) is 35.1 Å². The van der Waals surface area contributed by atoms with Crippen LogP contribution in [0, 0.1) is 0 Å². The Balaban J connectivity index is 5.57. The average molecular weight is 365 g/mol. The summed E-state index contributed by atoms with van der Waals surface area (Å²) in [7, 11) is 0. The van der Waals surface area contributed by atoms with E-state index >= 15 is 0 Å². The lowest BCUT2D eigenvalue weighted by Gasteiger charge is -2.37. The van der Waals surface area contributed by atoms with Crippen molar-refractivity contribution >= 4 is 39.1 Å². The zero-order valence-corrected chi connectivity index (χ0v) is 9.70. The molecule has 1 nitrogen and oxygen atoms in total. The molecular weight excluding hydrogens is 365 g/mol. The number of hydrogen-bond donors (Lipinski definition) is 0. The molecule has 0 aliphatic rings. The first-order valence-corrected chi connectivity index (χ1v) is 4.55. The highest BCUT2D eigenvalue weighted by Crippen LogP contribution is 2.52. The lowest BCUT2D eigenvalue weighted by Crippen LogP contribution is -2.62. The quantitative estimate of drug-likeness (QED) is 0.397. The van der Waals surface area contributed by atoms with Crippen LogP contribution in [0.5, 0.6) is 0 Å². The topological polar surface area (TPSA) is 3.24 Å². The van der Waals surface area contributed by atoms with Gasteiger partial charge >= 0.3 is 17.9 Å². The van der Waals surface area contributed by atoms with Gasteiger partial charge in [-0.3, -0.25) is 0 Å². The van der Waals surface area contributed by atoms with Crippen LogP contribution in [0.3, 0.4) is 0 Å². The molecule has 0 amide bonds. The number of hydrogen-bond acceptors (Lipinski definition) is 1. The maximum Gasteiger partial charge on any atom is 0.470 e. The molecule has 98 valence electrons. The molecule has 2 unspecified atom stereocenters. The van der Waals surface area contributed by atoms with Crippen LogP contribution in [-0.2, 0) is 0 Å². The minimum Gasteiger partial charge on any atom is -0.207 e. The van der Waals surface area contributed by atoms with Crippen LogP contribution in [0.2, 0.25) is 0 Å². The van der Waals surface area contributed by atoms with Gasteiger partial charge in [0.2, 0.25) is 0 Å². The van der Waals surface area contributed by atoms with Crippen LogP contribution >= 0.6 is 39.1 Å². The van der Waals surface area contributed by atoms with E-state index in [-0.39, 0.29) is 0 Å². The van der Waals surface area contributed by atoms with Crippen molar-refractivity contribution in [3.05, 3.63) is 0 Å². The molecule has 0 heterocycles. The standard InChI is InChI=1S/C4BrCl2F8N/c5-1(6,8)2(7,9)16(3(10,11)12)4(13,14)15. The highest BCUT2D eigenvalue weighted by atomic mass is 79.9. The molecule has 0 saturated carbocycles. The third kappa shape index (κ3) is 3.47. The van der Waals surface area contributed by atoms with E-state index in [2.05, 4.69) is 23.2 Å². The van der Waals surface area contributed by atoms with Gasteiger partial charge in [-0.2, -0.15) is 26.3 Å². The van der Waals surface area contributed by atoms with Crippen LogP contribution in [-0.4, -0.2) is 26.8 Å². The summed E-state index contributed by atoms with van der Waals surface area (Å²) >= 11 is 9.98. The lowest BCUT2D eigenvalue weighted by atomic mass is 10.5. The smallest absolute Gasteiger partial charge is 0.207 e. The highest BCUT2D eigenvalue weighted by molar-refractivity contribution is 9.10. The molecule has 0 aliphatic carbocycles. The van der Waals surface area contributed by atoms with Crippen molar-refractivity contribution in [1.82, 2.24) is 4.90 Å². The zero-order valence-electron chi connectivity index (χ0n) is 6.60. The molecule has 0 fully saturated rings. The molecular formula is C4BrCl2F8N. The van der Waals surface area contributed by atoms with Gasteiger partial charge in [-0.15, -0.1) is 0 Å². The fourth-order valence-corrected chi connectivity index (χ4v) is 1.04. The second-order valence-corrected chi connectivity index (χ2v) is 4.88. The van der Waals surface area contributed by atoms with Gasteiger partial charge in [0.05, 0.1) is 0 Å². The fraction of sp³-hybridized carbons (Fsp3) is 1.00. The molecule has 0 aromatic heterocycles. The van der Waals surface area contributed by atoms with Gasteiger partial charge in [0, 0.05) is 0 Å². The highest BCUT2D eigenvalue weighted by Gasteiger charge is 2.71. The zero-order chi connectivity index (χ0) is 13.6. The molecule has 0 aliphatic heterocycles. The van der Waals surface area contributed by atoms with E-state index in [0.29, 0.717) is 0 Å². The Morgan fingerprint density at radius 3 is 1.06 bits per heavy atom. The predicted octanol–water partition coefficient (Wildman–Crippen LogP) is 4.45. The van der Waals surface area contributed by atoms with Crippen molar-refractivity contribution in [3.63, 3.8) is 0 Å². The molecule has 12 heteroatoms. The third-order valence-corrected chi connectivity index (χ3v) is 2.66. The number of rotatable bonds is 2. The molecule has 0 saturated heterocycles. The van der Waals surface area contributed by atoms with E-state index in [0.717, 1.165) is 0 Å². The Morgan fingerprint density at radius 2 is 1.00 bits per heavy atom. The molecule has 16 heavy (non-hydrogen) atoms. The maximum absolute atomic E-state index is 13.0. The van der Waals surface area contributed by atoms with Crippen molar-refractivity contribution < 1.29 is 35.1 Å². The third-order valence-electron chi connectivity index (χ3n) is 1.13. The Morgan fingerprint density at radius 1 is 0.750 bits per heavy atom. The van der Waals surface area contributed by atoms with E-state index in [1.54, 1.807) is 0 Å². The fourth-order valence-electron chi connectivity index (χ4n) is 0.589. The summed E-state index contributed by atoms with van der Waals surface area (Å²) in [6.45, 7) is 0. The van der Waals surface area contributed by atoms with Gasteiger partial charge in [0.1, 0.15) is 0 Å². The first kappa shape index (κ1) is 16.5. The van der Waals surface area contributed by atoms with Gasteiger partial charge in [-0.05, 0) is 15.9 Å². The SMILES string of the molecule is FC(F)(F)N(C(F)(F)F)C(F)(Cl)C(F)(Cl)Br. The first-order chi connectivity index (χ1) is 6.62. The first-order valence-electron chi connectivity index (χ1n) is 3.00. The molecule has 0 bridgehead atoms. The monoisotopic (exact) mass is 363 g/mol. The van der Waals surface area contributed by atoms with Crippen molar-refractivity contribution in [2.45, 2.75) is 21.9 Å². The van der Waals surface area contributed by atoms with Gasteiger partial charge in [0.15, 0.2) is 0 Å². The second-order valence-electron chi connectivity index (χ2n) is 2.31.